The summed E-state index contributed by atoms with van der Waals surface area (Å²) < 4.78 is 10.4. The smallest absolute Gasteiger partial charge is 0.417 e. The van der Waals surface area contributed by atoms with Crippen LogP contribution in [0.3, 0.4) is 0 Å². The summed E-state index contributed by atoms with van der Waals surface area (Å²) in [6.07, 6.45) is -0.577. The van der Waals surface area contributed by atoms with Crippen molar-refractivity contribution in [2.45, 2.75) is 0 Å². The van der Waals surface area contributed by atoms with Crippen molar-refractivity contribution in [3.8, 4) is 22.6 Å². The molecular formula is C20H18N2O3. The fourth-order valence-corrected chi connectivity index (χ4v) is 2.46. The molecule has 0 aromatic heterocycles. The van der Waals surface area contributed by atoms with Gasteiger partial charge in [0.25, 0.3) is 0 Å². The van der Waals surface area contributed by atoms with Crippen molar-refractivity contribution < 1.29 is 14.3 Å². The number of nitrogen functional groups attached to an aromatic ring is 1. The monoisotopic (exact) mass is 334 g/mol. The molecule has 0 radical (unpaired) electrons. The first-order valence-electron chi connectivity index (χ1n) is 7.74. The Hall–Kier alpha value is -3.47. The highest BCUT2D eigenvalue weighted by Gasteiger charge is 2.11. The number of para-hydroxylation sites is 2. The van der Waals surface area contributed by atoms with Crippen molar-refractivity contribution in [3.05, 3.63) is 72.8 Å². The number of nitrogens with two attached hydrogens (primary N) is 1. The van der Waals surface area contributed by atoms with Crippen LogP contribution in [-0.4, -0.2) is 13.2 Å². The molecule has 0 aliphatic carbocycles. The standard InChI is InChI=1S/C20H18N2O3/c1-24-14-10-12-15(13-11-14)25-20(23)22-19-9-5-3-7-17(19)16-6-2-4-8-18(16)21/h2-13H,21H2,1H3,(H,22,23). The molecule has 1 amide bonds. The minimum Gasteiger partial charge on any atom is -0.497 e. The summed E-state index contributed by atoms with van der Waals surface area (Å²) in [4.78, 5) is 12.2. The number of rotatable bonds is 4. The van der Waals surface area contributed by atoms with Crippen LogP contribution >= 0.6 is 0 Å². The second kappa shape index (κ2) is 7.40. The van der Waals surface area contributed by atoms with E-state index in [2.05, 4.69) is 5.32 Å². The molecule has 3 N–H and O–H groups in total. The third-order valence-electron chi connectivity index (χ3n) is 3.68. The molecule has 0 atom stereocenters. The maximum absolute atomic E-state index is 12.2. The van der Waals surface area contributed by atoms with Crippen LogP contribution in [0, 0.1) is 0 Å². The predicted molar refractivity (Wildman–Crippen MR) is 98.9 cm³/mol. The zero-order valence-electron chi connectivity index (χ0n) is 13.7. The van der Waals surface area contributed by atoms with Crippen molar-refractivity contribution in [3.63, 3.8) is 0 Å². The van der Waals surface area contributed by atoms with Gasteiger partial charge in [0.1, 0.15) is 11.5 Å². The SMILES string of the molecule is COc1ccc(OC(=O)Nc2ccccc2-c2ccccc2N)cc1. The Morgan fingerprint density at radius 1 is 0.840 bits per heavy atom. The Bertz CT molecular complexity index is 876. The van der Waals surface area contributed by atoms with Crippen LogP contribution in [0.15, 0.2) is 72.8 Å². The Kier molecular flexibility index (Phi) is 4.85. The van der Waals surface area contributed by atoms with Gasteiger partial charge in [0.05, 0.1) is 12.8 Å². The largest absolute Gasteiger partial charge is 0.497 e. The van der Waals surface area contributed by atoms with Gasteiger partial charge in [0.2, 0.25) is 0 Å². The average molecular weight is 334 g/mol. The predicted octanol–water partition coefficient (Wildman–Crippen LogP) is 4.56. The minimum absolute atomic E-state index is 0.426. The summed E-state index contributed by atoms with van der Waals surface area (Å²) in [5.41, 5.74) is 8.99. The van der Waals surface area contributed by atoms with Crippen LogP contribution in [0.1, 0.15) is 0 Å². The van der Waals surface area contributed by atoms with E-state index in [4.69, 9.17) is 15.2 Å². The molecule has 126 valence electrons. The van der Waals surface area contributed by atoms with Crippen molar-refractivity contribution in [1.29, 1.82) is 0 Å². The number of carbonyl (C=O) groups is 1. The maximum Gasteiger partial charge on any atom is 0.417 e. The summed E-state index contributed by atoms with van der Waals surface area (Å²) in [5.74, 6) is 1.12. The van der Waals surface area contributed by atoms with Crippen LogP contribution in [0.2, 0.25) is 0 Å². The van der Waals surface area contributed by atoms with E-state index in [0.29, 0.717) is 22.9 Å². The minimum atomic E-state index is -0.577. The van der Waals surface area contributed by atoms with Crippen molar-refractivity contribution in [2.24, 2.45) is 0 Å². The lowest BCUT2D eigenvalue weighted by Crippen LogP contribution is -2.17. The van der Waals surface area contributed by atoms with Gasteiger partial charge < -0.3 is 15.2 Å². The van der Waals surface area contributed by atoms with Crippen LogP contribution in [0.5, 0.6) is 11.5 Å². The zero-order valence-corrected chi connectivity index (χ0v) is 13.7. The lowest BCUT2D eigenvalue weighted by Gasteiger charge is -2.13. The summed E-state index contributed by atoms with van der Waals surface area (Å²) in [7, 11) is 1.58. The van der Waals surface area contributed by atoms with Gasteiger partial charge in [0, 0.05) is 16.8 Å². The van der Waals surface area contributed by atoms with Crippen molar-refractivity contribution in [1.82, 2.24) is 0 Å². The summed E-state index contributed by atoms with van der Waals surface area (Å²) in [6.45, 7) is 0. The molecule has 0 heterocycles. The molecule has 5 heteroatoms. The summed E-state index contributed by atoms with van der Waals surface area (Å²) >= 11 is 0. The van der Waals surface area contributed by atoms with E-state index in [0.717, 1.165) is 11.1 Å². The molecule has 0 saturated heterocycles. The molecule has 0 aliphatic heterocycles. The molecular weight excluding hydrogens is 316 g/mol. The van der Waals surface area contributed by atoms with Crippen LogP contribution in [0.25, 0.3) is 11.1 Å². The number of carbonyl (C=O) groups excluding carboxylic acids is 1. The van der Waals surface area contributed by atoms with E-state index in [-0.39, 0.29) is 0 Å². The van der Waals surface area contributed by atoms with Gasteiger partial charge in [-0.1, -0.05) is 36.4 Å². The molecule has 0 fully saturated rings. The van der Waals surface area contributed by atoms with Gasteiger partial charge in [-0.2, -0.15) is 0 Å². The second-order valence-corrected chi connectivity index (χ2v) is 5.32. The Morgan fingerprint density at radius 2 is 1.44 bits per heavy atom. The van der Waals surface area contributed by atoms with Gasteiger partial charge >= 0.3 is 6.09 Å². The second-order valence-electron chi connectivity index (χ2n) is 5.32. The zero-order chi connectivity index (χ0) is 17.6. The van der Waals surface area contributed by atoms with Crippen LogP contribution in [0.4, 0.5) is 16.2 Å². The molecule has 0 bridgehead atoms. The van der Waals surface area contributed by atoms with Crippen molar-refractivity contribution in [2.75, 3.05) is 18.2 Å². The van der Waals surface area contributed by atoms with E-state index in [1.54, 1.807) is 37.4 Å². The fraction of sp³-hybridized carbons (Fsp3) is 0.0500. The molecule has 0 aliphatic rings. The van der Waals surface area contributed by atoms with Crippen LogP contribution < -0.4 is 20.5 Å². The van der Waals surface area contributed by atoms with Gasteiger partial charge in [-0.15, -0.1) is 0 Å². The van der Waals surface area contributed by atoms with Gasteiger partial charge in [0.15, 0.2) is 0 Å². The molecule has 25 heavy (non-hydrogen) atoms. The third kappa shape index (κ3) is 3.90. The number of methoxy groups -OCH3 is 1. The molecule has 3 aromatic rings. The first-order chi connectivity index (χ1) is 12.2. The van der Waals surface area contributed by atoms with Gasteiger partial charge in [-0.25, -0.2) is 4.79 Å². The van der Waals surface area contributed by atoms with Gasteiger partial charge in [-0.05, 0) is 36.4 Å². The van der Waals surface area contributed by atoms with E-state index < -0.39 is 6.09 Å². The lowest BCUT2D eigenvalue weighted by molar-refractivity contribution is 0.215. The highest BCUT2D eigenvalue weighted by atomic mass is 16.6. The first-order valence-corrected chi connectivity index (χ1v) is 7.74. The summed E-state index contributed by atoms with van der Waals surface area (Å²) in [6, 6.07) is 21.7. The molecule has 0 saturated carbocycles. The Morgan fingerprint density at radius 3 is 2.12 bits per heavy atom. The average Bonchev–Trinajstić information content (AvgIpc) is 2.63. The topological polar surface area (TPSA) is 73.6 Å². The summed E-state index contributed by atoms with van der Waals surface area (Å²) in [5, 5.41) is 2.77. The highest BCUT2D eigenvalue weighted by molar-refractivity contribution is 5.94. The number of ether oxygens (including phenoxy) is 2. The number of anilines is 2. The quantitative estimate of drug-likeness (QED) is 0.686. The van der Waals surface area contributed by atoms with E-state index in [9.17, 15) is 4.79 Å². The number of hydrogen-bond donors (Lipinski definition) is 2. The maximum atomic E-state index is 12.2. The molecule has 3 rings (SSSR count). The molecule has 5 nitrogen and oxygen atoms in total. The van der Waals surface area contributed by atoms with E-state index in [1.165, 1.54) is 0 Å². The lowest BCUT2D eigenvalue weighted by atomic mass is 10.0. The Labute approximate surface area is 146 Å². The number of benzene rings is 3. The normalized spacial score (nSPS) is 10.1. The fourth-order valence-electron chi connectivity index (χ4n) is 2.46. The highest BCUT2D eigenvalue weighted by Crippen LogP contribution is 2.32. The number of hydrogen-bond acceptors (Lipinski definition) is 4. The van der Waals surface area contributed by atoms with E-state index in [1.807, 2.05) is 42.5 Å². The number of amides is 1. The molecule has 0 unspecified atom stereocenters. The number of nitrogens with one attached hydrogen (secondary N) is 1. The van der Waals surface area contributed by atoms with Crippen molar-refractivity contribution >= 4 is 17.5 Å². The third-order valence-corrected chi connectivity index (χ3v) is 3.68. The van der Waals surface area contributed by atoms with Gasteiger partial charge in [-0.3, -0.25) is 5.32 Å². The van der Waals surface area contributed by atoms with Crippen LogP contribution in [-0.2, 0) is 0 Å². The molecule has 0 spiro atoms. The first kappa shape index (κ1) is 16.4. The molecule has 3 aromatic carbocycles. The van der Waals surface area contributed by atoms with E-state index >= 15 is 0 Å². The Balaban J connectivity index is 1.78.